The second-order valence-corrected chi connectivity index (χ2v) is 6.00. The molecule has 0 atom stereocenters. The number of fused-ring (bicyclic) bond motifs is 1. The van der Waals surface area contributed by atoms with Crippen LogP contribution in [0.25, 0.3) is 10.1 Å². The fourth-order valence-corrected chi connectivity index (χ4v) is 3.88. The van der Waals surface area contributed by atoms with Crippen LogP contribution in [-0.2, 0) is 6.42 Å². The standard InChI is InChI=1S/C10H8I2S/c1-2-6-5-13-8-4-3-7(11)10(12)9(6)8/h3-5H,2H2,1H3. The minimum atomic E-state index is 1.14. The van der Waals surface area contributed by atoms with Gasteiger partial charge in [0.15, 0.2) is 0 Å². The molecule has 1 heterocycles. The second-order valence-electron chi connectivity index (χ2n) is 2.85. The number of halogens is 2. The number of hydrogen-bond acceptors (Lipinski definition) is 1. The molecule has 2 rings (SSSR count). The molecule has 0 fully saturated rings. The van der Waals surface area contributed by atoms with E-state index in [9.17, 15) is 0 Å². The van der Waals surface area contributed by atoms with E-state index in [1.54, 1.807) is 0 Å². The summed E-state index contributed by atoms with van der Waals surface area (Å²) in [5, 5.41) is 3.75. The summed E-state index contributed by atoms with van der Waals surface area (Å²) in [6, 6.07) is 4.42. The van der Waals surface area contributed by atoms with E-state index < -0.39 is 0 Å². The number of thiophene rings is 1. The lowest BCUT2D eigenvalue weighted by atomic mass is 10.1. The molecule has 1 aromatic heterocycles. The van der Waals surface area contributed by atoms with Gasteiger partial charge in [-0.25, -0.2) is 0 Å². The Balaban J connectivity index is 2.85. The van der Waals surface area contributed by atoms with Crippen molar-refractivity contribution < 1.29 is 0 Å². The van der Waals surface area contributed by atoms with Gasteiger partial charge in [0.25, 0.3) is 0 Å². The molecule has 0 spiro atoms. The van der Waals surface area contributed by atoms with Gasteiger partial charge in [0.2, 0.25) is 0 Å². The molecular formula is C10H8I2S. The van der Waals surface area contributed by atoms with Crippen molar-refractivity contribution in [2.75, 3.05) is 0 Å². The molecule has 0 radical (unpaired) electrons. The van der Waals surface area contributed by atoms with Crippen LogP contribution in [0.15, 0.2) is 17.5 Å². The fourth-order valence-electron chi connectivity index (χ4n) is 1.38. The smallest absolute Gasteiger partial charge is 0.0356 e. The van der Waals surface area contributed by atoms with Crippen LogP contribution in [0, 0.1) is 7.14 Å². The fraction of sp³-hybridized carbons (Fsp3) is 0.200. The van der Waals surface area contributed by atoms with Gasteiger partial charge < -0.3 is 0 Å². The highest BCUT2D eigenvalue weighted by atomic mass is 127. The van der Waals surface area contributed by atoms with Crippen molar-refractivity contribution in [1.29, 1.82) is 0 Å². The number of benzene rings is 1. The average molecular weight is 414 g/mol. The number of hydrogen-bond donors (Lipinski definition) is 0. The Bertz CT molecular complexity index is 445. The van der Waals surface area contributed by atoms with Gasteiger partial charge in [-0.15, -0.1) is 11.3 Å². The first kappa shape index (κ1) is 10.2. The molecule has 0 amide bonds. The van der Waals surface area contributed by atoms with Crippen LogP contribution in [0.5, 0.6) is 0 Å². The highest BCUT2D eigenvalue weighted by Crippen LogP contribution is 2.32. The molecule has 0 saturated carbocycles. The molecule has 0 aliphatic heterocycles. The van der Waals surface area contributed by atoms with E-state index in [1.165, 1.54) is 22.8 Å². The van der Waals surface area contributed by atoms with Crippen molar-refractivity contribution in [3.05, 3.63) is 30.2 Å². The summed E-state index contributed by atoms with van der Waals surface area (Å²) in [5.41, 5.74) is 1.49. The summed E-state index contributed by atoms with van der Waals surface area (Å²) in [6.07, 6.45) is 1.14. The SMILES string of the molecule is CCc1csc2ccc(I)c(I)c12. The Morgan fingerprint density at radius 3 is 2.77 bits per heavy atom. The second kappa shape index (κ2) is 4.02. The van der Waals surface area contributed by atoms with Crippen molar-refractivity contribution in [3.8, 4) is 0 Å². The summed E-state index contributed by atoms with van der Waals surface area (Å²) < 4.78 is 4.19. The molecule has 0 unspecified atom stereocenters. The van der Waals surface area contributed by atoms with Crippen LogP contribution in [0.4, 0.5) is 0 Å². The molecule has 68 valence electrons. The van der Waals surface area contributed by atoms with Gasteiger partial charge >= 0.3 is 0 Å². The Hall–Kier alpha value is 0.640. The summed E-state index contributed by atoms with van der Waals surface area (Å²) in [6.45, 7) is 2.22. The monoisotopic (exact) mass is 414 g/mol. The zero-order chi connectivity index (χ0) is 9.42. The van der Waals surface area contributed by atoms with Gasteiger partial charge in [-0.05, 0) is 74.7 Å². The first-order valence-electron chi connectivity index (χ1n) is 4.08. The quantitative estimate of drug-likeness (QED) is 0.596. The van der Waals surface area contributed by atoms with E-state index in [-0.39, 0.29) is 0 Å². The van der Waals surface area contributed by atoms with Crippen molar-refractivity contribution in [2.45, 2.75) is 13.3 Å². The normalized spacial score (nSPS) is 11.0. The minimum absolute atomic E-state index is 1.14. The van der Waals surface area contributed by atoms with Crippen LogP contribution < -0.4 is 0 Å². The third-order valence-electron chi connectivity index (χ3n) is 2.09. The van der Waals surface area contributed by atoms with Crippen LogP contribution in [0.2, 0.25) is 0 Å². The van der Waals surface area contributed by atoms with Crippen LogP contribution in [0.3, 0.4) is 0 Å². The van der Waals surface area contributed by atoms with Crippen molar-refractivity contribution in [3.63, 3.8) is 0 Å². The van der Waals surface area contributed by atoms with Gasteiger partial charge in [-0.1, -0.05) is 6.92 Å². The van der Waals surface area contributed by atoms with Gasteiger partial charge in [-0.3, -0.25) is 0 Å². The summed E-state index contributed by atoms with van der Waals surface area (Å²) >= 11 is 6.70. The molecule has 2 aromatic rings. The predicted octanol–water partition coefficient (Wildman–Crippen LogP) is 4.67. The first-order valence-corrected chi connectivity index (χ1v) is 7.11. The van der Waals surface area contributed by atoms with E-state index >= 15 is 0 Å². The minimum Gasteiger partial charge on any atom is -0.143 e. The molecular weight excluding hydrogens is 406 g/mol. The maximum Gasteiger partial charge on any atom is 0.0356 e. The van der Waals surface area contributed by atoms with Crippen LogP contribution >= 0.6 is 56.5 Å². The molecule has 0 bridgehead atoms. The van der Waals surface area contributed by atoms with E-state index in [1.807, 2.05) is 11.3 Å². The summed E-state index contributed by atoms with van der Waals surface area (Å²) in [5.74, 6) is 0. The lowest BCUT2D eigenvalue weighted by Crippen LogP contribution is -1.83. The highest BCUT2D eigenvalue weighted by molar-refractivity contribution is 14.1. The zero-order valence-corrected chi connectivity index (χ0v) is 12.2. The van der Waals surface area contributed by atoms with Gasteiger partial charge in [0.05, 0.1) is 0 Å². The number of aryl methyl sites for hydroxylation is 1. The maximum absolute atomic E-state index is 2.45. The third kappa shape index (κ3) is 1.74. The van der Waals surface area contributed by atoms with E-state index in [0.717, 1.165) is 6.42 Å². The third-order valence-corrected chi connectivity index (χ3v) is 6.13. The van der Waals surface area contributed by atoms with Crippen LogP contribution in [-0.4, -0.2) is 0 Å². The predicted molar refractivity (Wildman–Crippen MR) is 76.6 cm³/mol. The molecule has 13 heavy (non-hydrogen) atoms. The molecule has 3 heteroatoms. The molecule has 0 N–H and O–H groups in total. The average Bonchev–Trinajstić information content (AvgIpc) is 2.55. The Morgan fingerprint density at radius 1 is 1.31 bits per heavy atom. The largest absolute Gasteiger partial charge is 0.143 e. The Labute approximate surface area is 109 Å². The van der Waals surface area contributed by atoms with Gasteiger partial charge in [0.1, 0.15) is 0 Å². The molecule has 0 aliphatic rings. The zero-order valence-electron chi connectivity index (χ0n) is 7.10. The number of rotatable bonds is 1. The molecule has 0 saturated heterocycles. The molecule has 0 aliphatic carbocycles. The van der Waals surface area contributed by atoms with Gasteiger partial charge in [0, 0.05) is 17.2 Å². The van der Waals surface area contributed by atoms with Crippen LogP contribution in [0.1, 0.15) is 12.5 Å². The maximum atomic E-state index is 2.45. The lowest BCUT2D eigenvalue weighted by Gasteiger charge is -2.00. The Kier molecular flexibility index (Phi) is 3.14. The van der Waals surface area contributed by atoms with Gasteiger partial charge in [-0.2, -0.15) is 0 Å². The summed E-state index contributed by atoms with van der Waals surface area (Å²) in [7, 11) is 0. The highest BCUT2D eigenvalue weighted by Gasteiger charge is 2.08. The first-order chi connectivity index (χ1) is 6.24. The summed E-state index contributed by atoms with van der Waals surface area (Å²) in [4.78, 5) is 0. The van der Waals surface area contributed by atoms with E-state index in [4.69, 9.17) is 0 Å². The topological polar surface area (TPSA) is 0 Å². The van der Waals surface area contributed by atoms with Crippen molar-refractivity contribution in [2.24, 2.45) is 0 Å². The molecule has 1 aromatic carbocycles. The van der Waals surface area contributed by atoms with Crippen molar-refractivity contribution in [1.82, 2.24) is 0 Å². The van der Waals surface area contributed by atoms with Crippen molar-refractivity contribution >= 4 is 66.6 Å². The lowest BCUT2D eigenvalue weighted by molar-refractivity contribution is 1.17. The molecule has 0 nitrogen and oxygen atoms in total. The van der Waals surface area contributed by atoms with E-state index in [0.29, 0.717) is 0 Å². The van der Waals surface area contributed by atoms with E-state index in [2.05, 4.69) is 69.6 Å². The Morgan fingerprint density at radius 2 is 2.08 bits per heavy atom.